The van der Waals surface area contributed by atoms with Crippen molar-refractivity contribution in [2.75, 3.05) is 6.54 Å². The smallest absolute Gasteiger partial charge is 0.262 e. The summed E-state index contributed by atoms with van der Waals surface area (Å²) in [4.78, 5) is 12.3. The molecule has 0 aliphatic heterocycles. The van der Waals surface area contributed by atoms with E-state index in [1.807, 2.05) is 6.07 Å². The van der Waals surface area contributed by atoms with Crippen LogP contribution in [0.25, 0.3) is 0 Å². The number of thiophene rings is 1. The highest BCUT2D eigenvalue weighted by Gasteiger charge is 2.10. The summed E-state index contributed by atoms with van der Waals surface area (Å²) in [5.74, 6) is -0.372. The van der Waals surface area contributed by atoms with Gasteiger partial charge in [0.1, 0.15) is 10.7 Å². The molecule has 0 aliphatic carbocycles. The van der Waals surface area contributed by atoms with E-state index >= 15 is 0 Å². The molecule has 1 N–H and O–H groups in total. The minimum absolute atomic E-state index is 0.173. The molecule has 0 radical (unpaired) electrons. The lowest BCUT2D eigenvalue weighted by atomic mass is 10.1. The third-order valence-corrected chi connectivity index (χ3v) is 4.03. The van der Waals surface area contributed by atoms with Crippen LogP contribution in [-0.2, 0) is 6.42 Å². The maximum absolute atomic E-state index is 13.3. The van der Waals surface area contributed by atoms with Gasteiger partial charge >= 0.3 is 0 Å². The van der Waals surface area contributed by atoms with Crippen LogP contribution in [0.15, 0.2) is 35.7 Å². The van der Waals surface area contributed by atoms with Crippen LogP contribution in [0.3, 0.4) is 0 Å². The summed E-state index contributed by atoms with van der Waals surface area (Å²) in [7, 11) is 0. The first-order valence-electron chi connectivity index (χ1n) is 5.93. The van der Waals surface area contributed by atoms with Crippen LogP contribution in [0.1, 0.15) is 21.7 Å². The zero-order chi connectivity index (χ0) is 13.7. The van der Waals surface area contributed by atoms with Gasteiger partial charge in [-0.3, -0.25) is 4.79 Å². The average molecular weight is 298 g/mol. The minimum Gasteiger partial charge on any atom is -0.351 e. The molecule has 0 atom stereocenters. The second kappa shape index (κ2) is 6.68. The van der Waals surface area contributed by atoms with Crippen molar-refractivity contribution in [2.24, 2.45) is 0 Å². The van der Waals surface area contributed by atoms with E-state index in [4.69, 9.17) is 11.6 Å². The quantitative estimate of drug-likeness (QED) is 0.833. The lowest BCUT2D eigenvalue weighted by Crippen LogP contribution is -2.24. The molecule has 5 heteroatoms. The third kappa shape index (κ3) is 3.78. The predicted molar refractivity (Wildman–Crippen MR) is 76.4 cm³/mol. The van der Waals surface area contributed by atoms with E-state index in [1.165, 1.54) is 17.4 Å². The number of amides is 1. The molecule has 19 heavy (non-hydrogen) atoms. The molecule has 0 fully saturated rings. The van der Waals surface area contributed by atoms with Gasteiger partial charge in [0, 0.05) is 6.54 Å². The zero-order valence-corrected chi connectivity index (χ0v) is 11.7. The van der Waals surface area contributed by atoms with Crippen molar-refractivity contribution in [2.45, 2.75) is 12.8 Å². The van der Waals surface area contributed by atoms with Gasteiger partial charge in [0.05, 0.1) is 5.02 Å². The summed E-state index contributed by atoms with van der Waals surface area (Å²) in [6, 6.07) is 8.37. The van der Waals surface area contributed by atoms with Crippen LogP contribution in [0.4, 0.5) is 4.39 Å². The van der Waals surface area contributed by atoms with Crippen molar-refractivity contribution in [3.05, 3.63) is 57.0 Å². The molecule has 0 saturated carbocycles. The fraction of sp³-hybridized carbons (Fsp3) is 0.214. The van der Waals surface area contributed by atoms with Gasteiger partial charge in [0.15, 0.2) is 0 Å². The maximum Gasteiger partial charge on any atom is 0.262 e. The predicted octanol–water partition coefficient (Wildman–Crippen LogP) is 3.90. The van der Waals surface area contributed by atoms with Gasteiger partial charge in [-0.1, -0.05) is 29.8 Å². The van der Waals surface area contributed by atoms with Gasteiger partial charge in [-0.05, 0) is 35.9 Å². The van der Waals surface area contributed by atoms with Crippen LogP contribution < -0.4 is 5.32 Å². The number of hydrogen-bond acceptors (Lipinski definition) is 2. The first-order chi connectivity index (χ1) is 9.18. The SMILES string of the molecule is O=C(NCCCc1ccccc1F)c1sccc1Cl. The van der Waals surface area contributed by atoms with Gasteiger partial charge < -0.3 is 5.32 Å². The summed E-state index contributed by atoms with van der Waals surface area (Å²) < 4.78 is 13.3. The van der Waals surface area contributed by atoms with Gasteiger partial charge in [-0.2, -0.15) is 0 Å². The van der Waals surface area contributed by atoms with Gasteiger partial charge in [-0.15, -0.1) is 11.3 Å². The molecule has 1 amide bonds. The van der Waals surface area contributed by atoms with Crippen LogP contribution in [0.5, 0.6) is 0 Å². The van der Waals surface area contributed by atoms with Crippen LogP contribution in [0, 0.1) is 5.82 Å². The Morgan fingerprint density at radius 1 is 1.32 bits per heavy atom. The highest BCUT2D eigenvalue weighted by Crippen LogP contribution is 2.21. The van der Waals surface area contributed by atoms with Crippen LogP contribution in [0.2, 0.25) is 5.02 Å². The summed E-state index contributed by atoms with van der Waals surface area (Å²) in [5.41, 5.74) is 0.672. The van der Waals surface area contributed by atoms with Crippen LogP contribution in [-0.4, -0.2) is 12.5 Å². The highest BCUT2D eigenvalue weighted by molar-refractivity contribution is 7.12. The second-order valence-corrected chi connectivity index (χ2v) is 5.37. The molecule has 1 aromatic heterocycles. The molecule has 100 valence electrons. The molecular weight excluding hydrogens is 285 g/mol. The molecule has 0 unspecified atom stereocenters. The Morgan fingerprint density at radius 3 is 2.79 bits per heavy atom. The maximum atomic E-state index is 13.3. The van der Waals surface area contributed by atoms with E-state index in [0.29, 0.717) is 34.8 Å². The number of hydrogen-bond donors (Lipinski definition) is 1. The molecule has 2 nitrogen and oxygen atoms in total. The first kappa shape index (κ1) is 14.0. The fourth-order valence-corrected chi connectivity index (χ4v) is 2.78. The lowest BCUT2D eigenvalue weighted by Gasteiger charge is -2.05. The Kier molecular flexibility index (Phi) is 4.93. The van der Waals surface area contributed by atoms with E-state index in [2.05, 4.69) is 5.32 Å². The third-order valence-electron chi connectivity index (χ3n) is 2.69. The van der Waals surface area contributed by atoms with Crippen molar-refractivity contribution in [3.8, 4) is 0 Å². The fourth-order valence-electron chi connectivity index (χ4n) is 1.72. The standard InChI is InChI=1S/C14H13ClFNOS/c15-11-7-9-19-13(11)14(18)17-8-3-5-10-4-1-2-6-12(10)16/h1-2,4,6-7,9H,3,5,8H2,(H,17,18). The Bertz CT molecular complexity index is 570. The van der Waals surface area contributed by atoms with Crippen molar-refractivity contribution in [1.82, 2.24) is 5.32 Å². The van der Waals surface area contributed by atoms with E-state index in [-0.39, 0.29) is 11.7 Å². The monoisotopic (exact) mass is 297 g/mol. The number of halogens is 2. The topological polar surface area (TPSA) is 29.1 Å². The molecule has 2 rings (SSSR count). The number of carbonyl (C=O) groups excluding carboxylic acids is 1. The molecule has 2 aromatic rings. The Labute approximate surface area is 120 Å². The summed E-state index contributed by atoms with van der Waals surface area (Å²) in [6.45, 7) is 0.501. The molecule has 1 heterocycles. The number of rotatable bonds is 5. The average Bonchev–Trinajstić information content (AvgIpc) is 2.82. The molecule has 0 aliphatic rings. The summed E-state index contributed by atoms with van der Waals surface area (Å²) in [5, 5.41) is 5.02. The number of carbonyl (C=O) groups is 1. The van der Waals surface area contributed by atoms with Crippen molar-refractivity contribution in [1.29, 1.82) is 0 Å². The van der Waals surface area contributed by atoms with Gasteiger partial charge in [0.2, 0.25) is 0 Å². The number of nitrogens with one attached hydrogen (secondary N) is 1. The van der Waals surface area contributed by atoms with Crippen LogP contribution >= 0.6 is 22.9 Å². The van der Waals surface area contributed by atoms with Crippen molar-refractivity contribution in [3.63, 3.8) is 0 Å². The Hall–Kier alpha value is -1.39. The molecular formula is C14H13ClFNOS. The molecule has 0 spiro atoms. The number of benzene rings is 1. The van der Waals surface area contributed by atoms with E-state index < -0.39 is 0 Å². The Balaban J connectivity index is 1.77. The second-order valence-electron chi connectivity index (χ2n) is 4.05. The van der Waals surface area contributed by atoms with E-state index in [1.54, 1.807) is 23.6 Å². The zero-order valence-electron chi connectivity index (χ0n) is 10.2. The normalized spacial score (nSPS) is 10.4. The Morgan fingerprint density at radius 2 is 2.11 bits per heavy atom. The van der Waals surface area contributed by atoms with Crippen molar-refractivity contribution < 1.29 is 9.18 Å². The largest absolute Gasteiger partial charge is 0.351 e. The molecule has 0 bridgehead atoms. The van der Waals surface area contributed by atoms with Gasteiger partial charge in [0.25, 0.3) is 5.91 Å². The highest BCUT2D eigenvalue weighted by atomic mass is 35.5. The van der Waals surface area contributed by atoms with Gasteiger partial charge in [-0.25, -0.2) is 4.39 Å². The van der Waals surface area contributed by atoms with E-state index in [9.17, 15) is 9.18 Å². The first-order valence-corrected chi connectivity index (χ1v) is 7.19. The lowest BCUT2D eigenvalue weighted by molar-refractivity contribution is 0.0957. The summed E-state index contributed by atoms with van der Waals surface area (Å²) in [6.07, 6.45) is 1.29. The summed E-state index contributed by atoms with van der Waals surface area (Å²) >= 11 is 7.17. The van der Waals surface area contributed by atoms with E-state index in [0.717, 1.165) is 0 Å². The number of aryl methyl sites for hydroxylation is 1. The molecule has 0 saturated heterocycles. The van der Waals surface area contributed by atoms with Crippen molar-refractivity contribution >= 4 is 28.8 Å². The molecule has 1 aromatic carbocycles. The minimum atomic E-state index is -0.199.